The molecule has 22 heavy (non-hydrogen) atoms. The smallest absolute Gasteiger partial charge is 0.321 e. The zero-order valence-corrected chi connectivity index (χ0v) is 13.8. The van der Waals surface area contributed by atoms with Crippen molar-refractivity contribution in [1.82, 2.24) is 4.90 Å². The molecular weight excluding hydrogens is 327 g/mol. The fourth-order valence-corrected chi connectivity index (χ4v) is 2.69. The normalized spacial score (nSPS) is 18.0. The first kappa shape index (κ1) is 16.9. The number of nitrogens with one attached hydrogen (secondary N) is 1. The molecule has 120 valence electrons. The van der Waals surface area contributed by atoms with Crippen molar-refractivity contribution in [3.8, 4) is 0 Å². The Morgan fingerprint density at radius 1 is 1.36 bits per heavy atom. The average molecular weight is 345 g/mol. The van der Waals surface area contributed by atoms with Crippen LogP contribution in [0.1, 0.15) is 19.8 Å². The van der Waals surface area contributed by atoms with Crippen molar-refractivity contribution in [1.29, 1.82) is 0 Å². The summed E-state index contributed by atoms with van der Waals surface area (Å²) in [6, 6.07) is 4.64. The Kier molecular flexibility index (Phi) is 5.91. The molecule has 1 fully saturated rings. The minimum Gasteiger partial charge on any atom is -0.466 e. The zero-order chi connectivity index (χ0) is 16.1. The molecule has 2 amide bonds. The fourth-order valence-electron chi connectivity index (χ4n) is 2.39. The molecule has 1 atom stereocenters. The first-order valence-electron chi connectivity index (χ1n) is 7.19. The number of rotatable bonds is 3. The number of halogens is 2. The van der Waals surface area contributed by atoms with E-state index in [1.165, 1.54) is 0 Å². The van der Waals surface area contributed by atoms with Gasteiger partial charge in [-0.3, -0.25) is 4.79 Å². The van der Waals surface area contributed by atoms with Crippen molar-refractivity contribution in [2.75, 3.05) is 25.0 Å². The zero-order valence-electron chi connectivity index (χ0n) is 12.3. The van der Waals surface area contributed by atoms with Crippen LogP contribution in [0.4, 0.5) is 10.5 Å². The second kappa shape index (κ2) is 7.70. The molecule has 0 bridgehead atoms. The topological polar surface area (TPSA) is 58.6 Å². The number of carbonyl (C=O) groups excluding carboxylic acids is 2. The van der Waals surface area contributed by atoms with Crippen molar-refractivity contribution < 1.29 is 14.3 Å². The van der Waals surface area contributed by atoms with Crippen LogP contribution in [-0.4, -0.2) is 36.6 Å². The molecule has 1 aliphatic heterocycles. The van der Waals surface area contributed by atoms with Gasteiger partial charge in [0.1, 0.15) is 0 Å². The Morgan fingerprint density at radius 3 is 2.82 bits per heavy atom. The lowest BCUT2D eigenvalue weighted by atomic mass is 9.98. The van der Waals surface area contributed by atoms with Crippen LogP contribution in [0.5, 0.6) is 0 Å². The molecule has 2 rings (SSSR count). The highest BCUT2D eigenvalue weighted by Crippen LogP contribution is 2.25. The highest BCUT2D eigenvalue weighted by atomic mass is 35.5. The summed E-state index contributed by atoms with van der Waals surface area (Å²) >= 11 is 11.8. The minimum atomic E-state index is -0.257. The summed E-state index contributed by atoms with van der Waals surface area (Å²) < 4.78 is 5.03. The lowest BCUT2D eigenvalue weighted by Crippen LogP contribution is -2.44. The van der Waals surface area contributed by atoms with Crippen LogP contribution in [0, 0.1) is 5.92 Å². The van der Waals surface area contributed by atoms with Gasteiger partial charge in [-0.05, 0) is 38.0 Å². The number of hydrogen-bond acceptors (Lipinski definition) is 3. The number of amides is 2. The van der Waals surface area contributed by atoms with E-state index in [0.717, 1.165) is 12.8 Å². The fraction of sp³-hybridized carbons (Fsp3) is 0.467. The molecule has 0 spiro atoms. The highest BCUT2D eigenvalue weighted by molar-refractivity contribution is 6.42. The maximum Gasteiger partial charge on any atom is 0.321 e. The molecule has 0 saturated carbocycles. The molecule has 1 aromatic carbocycles. The summed E-state index contributed by atoms with van der Waals surface area (Å²) in [6.07, 6.45) is 1.52. The molecule has 1 saturated heterocycles. The first-order chi connectivity index (χ1) is 10.5. The summed E-state index contributed by atoms with van der Waals surface area (Å²) in [5.74, 6) is -0.497. The van der Waals surface area contributed by atoms with Crippen LogP contribution >= 0.6 is 23.2 Å². The quantitative estimate of drug-likeness (QED) is 0.848. The number of esters is 1. The van der Waals surface area contributed by atoms with Gasteiger partial charge in [0.25, 0.3) is 0 Å². The van der Waals surface area contributed by atoms with Gasteiger partial charge in [-0.2, -0.15) is 0 Å². The van der Waals surface area contributed by atoms with E-state index < -0.39 is 0 Å². The standard InChI is InChI=1S/C15H18Cl2N2O3/c1-2-22-14(20)10-4-3-7-19(9-10)15(21)18-11-5-6-12(16)13(17)8-11/h5-6,8,10H,2-4,7,9H2,1H3,(H,18,21)/t10-/m0/s1. The molecule has 0 aromatic heterocycles. The Balaban J connectivity index is 1.96. The summed E-state index contributed by atoms with van der Waals surface area (Å²) in [5.41, 5.74) is 0.567. The molecule has 1 N–H and O–H groups in total. The van der Waals surface area contributed by atoms with Gasteiger partial charge in [-0.25, -0.2) is 4.79 Å². The van der Waals surface area contributed by atoms with E-state index in [2.05, 4.69) is 5.32 Å². The van der Waals surface area contributed by atoms with E-state index in [1.807, 2.05) is 0 Å². The van der Waals surface area contributed by atoms with Crippen LogP contribution in [0.2, 0.25) is 10.0 Å². The van der Waals surface area contributed by atoms with E-state index in [4.69, 9.17) is 27.9 Å². The molecular formula is C15H18Cl2N2O3. The number of ether oxygens (including phenoxy) is 1. The summed E-state index contributed by atoms with van der Waals surface area (Å²) in [6.45, 7) is 3.11. The van der Waals surface area contributed by atoms with Crippen molar-refractivity contribution >= 4 is 40.9 Å². The predicted molar refractivity (Wildman–Crippen MR) is 86.4 cm³/mol. The van der Waals surface area contributed by atoms with Crippen LogP contribution in [0.25, 0.3) is 0 Å². The second-order valence-electron chi connectivity index (χ2n) is 5.10. The number of urea groups is 1. The Hall–Kier alpha value is -1.46. The van der Waals surface area contributed by atoms with Gasteiger partial charge in [0.2, 0.25) is 0 Å². The third kappa shape index (κ3) is 4.27. The summed E-state index contributed by atoms with van der Waals surface area (Å²) in [4.78, 5) is 25.7. The van der Waals surface area contributed by atoms with Gasteiger partial charge in [-0.15, -0.1) is 0 Å². The van der Waals surface area contributed by atoms with Crippen LogP contribution in [-0.2, 0) is 9.53 Å². The van der Waals surface area contributed by atoms with Crippen molar-refractivity contribution in [2.45, 2.75) is 19.8 Å². The van der Waals surface area contributed by atoms with Gasteiger partial charge in [0, 0.05) is 18.8 Å². The summed E-state index contributed by atoms with van der Waals surface area (Å²) in [7, 11) is 0. The molecule has 1 aliphatic rings. The summed E-state index contributed by atoms with van der Waals surface area (Å²) in [5, 5.41) is 3.57. The van der Waals surface area contributed by atoms with Crippen molar-refractivity contribution in [3.63, 3.8) is 0 Å². The Labute approximate surface area is 139 Å². The second-order valence-corrected chi connectivity index (χ2v) is 5.91. The van der Waals surface area contributed by atoms with Gasteiger partial charge in [0.15, 0.2) is 0 Å². The third-order valence-electron chi connectivity index (χ3n) is 3.50. The SMILES string of the molecule is CCOC(=O)[C@H]1CCCN(C(=O)Nc2ccc(Cl)c(Cl)c2)C1. The number of anilines is 1. The monoisotopic (exact) mass is 344 g/mol. The number of carbonyl (C=O) groups is 2. The van der Waals surface area contributed by atoms with Gasteiger partial charge in [-0.1, -0.05) is 23.2 Å². The van der Waals surface area contributed by atoms with Crippen LogP contribution in [0.15, 0.2) is 18.2 Å². The van der Waals surface area contributed by atoms with Crippen molar-refractivity contribution in [3.05, 3.63) is 28.2 Å². The molecule has 1 aromatic rings. The van der Waals surface area contributed by atoms with Gasteiger partial charge >= 0.3 is 12.0 Å². The van der Waals surface area contributed by atoms with E-state index in [1.54, 1.807) is 30.0 Å². The van der Waals surface area contributed by atoms with E-state index in [0.29, 0.717) is 35.4 Å². The maximum atomic E-state index is 12.3. The molecule has 5 nitrogen and oxygen atoms in total. The minimum absolute atomic E-state index is 0.241. The molecule has 0 radical (unpaired) electrons. The van der Waals surface area contributed by atoms with Gasteiger partial charge < -0.3 is 15.0 Å². The molecule has 0 unspecified atom stereocenters. The molecule has 0 aliphatic carbocycles. The van der Waals surface area contributed by atoms with Crippen LogP contribution < -0.4 is 5.32 Å². The number of piperidine rings is 1. The average Bonchev–Trinajstić information content (AvgIpc) is 2.51. The lowest BCUT2D eigenvalue weighted by Gasteiger charge is -2.31. The molecule has 1 heterocycles. The third-order valence-corrected chi connectivity index (χ3v) is 4.24. The Bertz CT molecular complexity index is 566. The lowest BCUT2D eigenvalue weighted by molar-refractivity contribution is -0.149. The largest absolute Gasteiger partial charge is 0.466 e. The first-order valence-corrected chi connectivity index (χ1v) is 7.94. The maximum absolute atomic E-state index is 12.3. The number of benzene rings is 1. The van der Waals surface area contributed by atoms with Gasteiger partial charge in [0.05, 0.1) is 22.6 Å². The predicted octanol–water partition coefficient (Wildman–Crippen LogP) is 3.80. The van der Waals surface area contributed by atoms with Crippen LogP contribution in [0.3, 0.4) is 0 Å². The highest BCUT2D eigenvalue weighted by Gasteiger charge is 2.29. The van der Waals surface area contributed by atoms with E-state index in [9.17, 15) is 9.59 Å². The number of hydrogen-bond donors (Lipinski definition) is 1. The number of nitrogens with zero attached hydrogens (tertiary/aromatic N) is 1. The molecule has 7 heteroatoms. The van der Waals surface area contributed by atoms with E-state index in [-0.39, 0.29) is 17.9 Å². The Morgan fingerprint density at radius 2 is 2.14 bits per heavy atom. The van der Waals surface area contributed by atoms with Crippen molar-refractivity contribution in [2.24, 2.45) is 5.92 Å². The van der Waals surface area contributed by atoms with E-state index >= 15 is 0 Å². The number of likely N-dealkylation sites (tertiary alicyclic amines) is 1.